The van der Waals surface area contributed by atoms with Gasteiger partial charge in [0.15, 0.2) is 6.29 Å². The first kappa shape index (κ1) is 24.4. The smallest absolute Gasteiger partial charge is 0.166 e. The van der Waals surface area contributed by atoms with Gasteiger partial charge < -0.3 is 10.2 Å². The SMILES string of the molecule is C=C1C(C)NCCN1/C(C=O)=C\CCC.CC.CCc1ccccc1Cl. The van der Waals surface area contributed by atoms with E-state index in [4.69, 9.17) is 11.6 Å². The van der Waals surface area contributed by atoms with Crippen LogP contribution < -0.4 is 5.32 Å². The molecule has 0 spiro atoms. The van der Waals surface area contributed by atoms with Crippen molar-refractivity contribution in [2.24, 2.45) is 0 Å². The first-order chi connectivity index (χ1) is 12.5. The monoisotopic (exact) mass is 378 g/mol. The highest BCUT2D eigenvalue weighted by Crippen LogP contribution is 2.17. The number of nitrogens with zero attached hydrogens (tertiary/aromatic N) is 1. The molecule has 0 saturated carbocycles. The van der Waals surface area contributed by atoms with Crippen molar-refractivity contribution in [2.45, 2.75) is 59.9 Å². The van der Waals surface area contributed by atoms with Gasteiger partial charge in [-0.05, 0) is 31.4 Å². The molecule has 4 heteroatoms. The zero-order valence-electron chi connectivity index (χ0n) is 17.0. The number of carbonyl (C=O) groups excluding carboxylic acids is 1. The van der Waals surface area contributed by atoms with E-state index in [0.717, 1.165) is 55.1 Å². The molecule has 1 saturated heterocycles. The lowest BCUT2D eigenvalue weighted by atomic mass is 10.1. The number of rotatable bonds is 5. The summed E-state index contributed by atoms with van der Waals surface area (Å²) in [5, 5.41) is 4.19. The topological polar surface area (TPSA) is 32.3 Å². The summed E-state index contributed by atoms with van der Waals surface area (Å²) in [5.41, 5.74) is 2.96. The van der Waals surface area contributed by atoms with Crippen molar-refractivity contribution in [3.8, 4) is 0 Å². The second-order valence-corrected chi connectivity index (χ2v) is 6.21. The van der Waals surface area contributed by atoms with Crippen molar-refractivity contribution < 1.29 is 4.79 Å². The normalized spacial score (nSPS) is 16.8. The lowest BCUT2D eigenvalue weighted by molar-refractivity contribution is -0.106. The van der Waals surface area contributed by atoms with Crippen LogP contribution in [0.4, 0.5) is 0 Å². The van der Waals surface area contributed by atoms with E-state index in [-0.39, 0.29) is 6.04 Å². The van der Waals surface area contributed by atoms with Crippen molar-refractivity contribution in [2.75, 3.05) is 13.1 Å². The van der Waals surface area contributed by atoms with Crippen molar-refractivity contribution in [3.63, 3.8) is 0 Å². The van der Waals surface area contributed by atoms with Gasteiger partial charge >= 0.3 is 0 Å². The molecule has 1 N–H and O–H groups in total. The number of unbranched alkanes of at least 4 members (excludes halogenated alkanes) is 1. The lowest BCUT2D eigenvalue weighted by Crippen LogP contribution is -2.46. The summed E-state index contributed by atoms with van der Waals surface area (Å²) in [5.74, 6) is 0. The molecule has 0 aromatic heterocycles. The number of benzene rings is 1. The van der Waals surface area contributed by atoms with E-state index in [9.17, 15) is 4.79 Å². The highest BCUT2D eigenvalue weighted by molar-refractivity contribution is 6.31. The predicted octanol–water partition coefficient (Wildman–Crippen LogP) is 5.61. The Labute approximate surface area is 165 Å². The maximum Gasteiger partial charge on any atom is 0.166 e. The Balaban J connectivity index is 0.000000484. The Bertz CT molecular complexity index is 569. The number of aldehydes is 1. The quantitative estimate of drug-likeness (QED) is 0.534. The van der Waals surface area contributed by atoms with Crippen molar-refractivity contribution in [1.82, 2.24) is 10.2 Å². The van der Waals surface area contributed by atoms with Gasteiger partial charge in [0.2, 0.25) is 0 Å². The minimum absolute atomic E-state index is 0.253. The maximum atomic E-state index is 11.0. The van der Waals surface area contributed by atoms with E-state index in [1.54, 1.807) is 0 Å². The summed E-state index contributed by atoms with van der Waals surface area (Å²) < 4.78 is 0. The predicted molar refractivity (Wildman–Crippen MR) is 115 cm³/mol. The molecule has 26 heavy (non-hydrogen) atoms. The zero-order chi connectivity index (χ0) is 19.9. The van der Waals surface area contributed by atoms with Crippen LogP contribution >= 0.6 is 11.6 Å². The zero-order valence-corrected chi connectivity index (χ0v) is 17.8. The summed E-state index contributed by atoms with van der Waals surface area (Å²) in [6.45, 7) is 16.0. The van der Waals surface area contributed by atoms with Crippen LogP contribution in [-0.4, -0.2) is 30.3 Å². The fourth-order valence-electron chi connectivity index (χ4n) is 2.48. The van der Waals surface area contributed by atoms with Crippen molar-refractivity contribution in [3.05, 3.63) is 58.9 Å². The van der Waals surface area contributed by atoms with Gasteiger partial charge in [0.25, 0.3) is 0 Å². The first-order valence-corrected chi connectivity index (χ1v) is 10.0. The third-order valence-electron chi connectivity index (χ3n) is 4.05. The molecule has 1 unspecified atom stereocenters. The molecule has 1 aliphatic heterocycles. The van der Waals surface area contributed by atoms with Crippen LogP contribution in [0, 0.1) is 0 Å². The minimum atomic E-state index is 0.253. The van der Waals surface area contributed by atoms with Crippen LogP contribution in [0.5, 0.6) is 0 Å². The standard InChI is InChI=1S/C12H20N2O.C8H9Cl.C2H6/c1-4-5-6-12(9-15)14-8-7-13-10(2)11(14)3;1-2-7-5-3-4-6-8(7)9;1-2/h6,9-10,13H,3-5,7-8H2,1-2H3;3-6H,2H2,1H3;1-2H3/b12-6-;;. The molecule has 0 bridgehead atoms. The Morgan fingerprint density at radius 3 is 2.50 bits per heavy atom. The van der Waals surface area contributed by atoms with Crippen LogP contribution in [0.15, 0.2) is 48.3 Å². The summed E-state index contributed by atoms with van der Waals surface area (Å²) in [6.07, 6.45) is 5.94. The fraction of sp³-hybridized carbons (Fsp3) is 0.500. The number of hydrogen-bond donors (Lipinski definition) is 1. The number of aryl methyl sites for hydroxylation is 1. The van der Waals surface area contributed by atoms with Crippen molar-refractivity contribution in [1.29, 1.82) is 0 Å². The van der Waals surface area contributed by atoms with Crippen molar-refractivity contribution >= 4 is 17.9 Å². The van der Waals surface area contributed by atoms with Crippen LogP contribution in [0.3, 0.4) is 0 Å². The van der Waals surface area contributed by atoms with E-state index in [0.29, 0.717) is 0 Å². The molecule has 3 nitrogen and oxygen atoms in total. The number of carbonyl (C=O) groups is 1. The Morgan fingerprint density at radius 2 is 2.00 bits per heavy atom. The summed E-state index contributed by atoms with van der Waals surface area (Å²) in [6, 6.07) is 8.17. The highest BCUT2D eigenvalue weighted by Gasteiger charge is 2.21. The Kier molecular flexibility index (Phi) is 13.7. The molecule has 1 aliphatic rings. The van der Waals surface area contributed by atoms with E-state index in [1.165, 1.54) is 5.56 Å². The third-order valence-corrected chi connectivity index (χ3v) is 4.41. The molecule has 1 aromatic carbocycles. The van der Waals surface area contributed by atoms with Crippen LogP contribution in [0.2, 0.25) is 5.02 Å². The number of hydrogen-bond acceptors (Lipinski definition) is 3. The van der Waals surface area contributed by atoms with Gasteiger partial charge in [0.1, 0.15) is 0 Å². The largest absolute Gasteiger partial charge is 0.340 e. The molecule has 1 aromatic rings. The second-order valence-electron chi connectivity index (χ2n) is 5.80. The number of halogens is 1. The number of nitrogens with one attached hydrogen (secondary N) is 1. The molecular weight excluding hydrogens is 344 g/mol. The van der Waals surface area contributed by atoms with Gasteiger partial charge in [-0.25, -0.2) is 0 Å². The van der Waals surface area contributed by atoms with Gasteiger partial charge in [-0.15, -0.1) is 0 Å². The summed E-state index contributed by atoms with van der Waals surface area (Å²) in [7, 11) is 0. The summed E-state index contributed by atoms with van der Waals surface area (Å²) >= 11 is 5.82. The van der Waals surface area contributed by atoms with E-state index < -0.39 is 0 Å². The van der Waals surface area contributed by atoms with Crippen LogP contribution in [0.1, 0.15) is 53.0 Å². The molecule has 1 fully saturated rings. The Morgan fingerprint density at radius 1 is 1.35 bits per heavy atom. The molecule has 146 valence electrons. The van der Waals surface area contributed by atoms with E-state index in [2.05, 4.69) is 32.7 Å². The van der Waals surface area contributed by atoms with E-state index in [1.807, 2.05) is 49.1 Å². The molecular formula is C22H35ClN2O. The molecule has 1 atom stereocenters. The first-order valence-electron chi connectivity index (χ1n) is 9.63. The van der Waals surface area contributed by atoms with Crippen LogP contribution in [0.25, 0.3) is 0 Å². The number of allylic oxidation sites excluding steroid dienone is 2. The molecule has 2 rings (SSSR count). The maximum absolute atomic E-state index is 11.0. The van der Waals surface area contributed by atoms with Crippen LogP contribution in [-0.2, 0) is 11.2 Å². The van der Waals surface area contributed by atoms with Gasteiger partial charge in [0, 0.05) is 29.9 Å². The Hall–Kier alpha value is -1.58. The average molecular weight is 379 g/mol. The lowest BCUT2D eigenvalue weighted by Gasteiger charge is -2.35. The second kappa shape index (κ2) is 14.6. The number of piperazine rings is 1. The minimum Gasteiger partial charge on any atom is -0.340 e. The van der Waals surface area contributed by atoms with E-state index >= 15 is 0 Å². The fourth-order valence-corrected chi connectivity index (χ4v) is 2.75. The average Bonchev–Trinajstić information content (AvgIpc) is 2.68. The molecule has 0 amide bonds. The van der Waals surface area contributed by atoms with Gasteiger partial charge in [0.05, 0.1) is 5.70 Å². The van der Waals surface area contributed by atoms with Gasteiger partial charge in [-0.2, -0.15) is 0 Å². The third kappa shape index (κ3) is 8.20. The molecule has 0 aliphatic carbocycles. The highest BCUT2D eigenvalue weighted by atomic mass is 35.5. The molecule has 0 radical (unpaired) electrons. The van der Waals surface area contributed by atoms with Gasteiger partial charge in [-0.1, -0.05) is 76.6 Å². The summed E-state index contributed by atoms with van der Waals surface area (Å²) in [4.78, 5) is 13.0. The molecule has 1 heterocycles. The van der Waals surface area contributed by atoms with Gasteiger partial charge in [-0.3, -0.25) is 4.79 Å².